The van der Waals surface area contributed by atoms with E-state index in [1.54, 1.807) is 20.8 Å². The normalized spacial score (nSPS) is 14.8. The molecule has 31 heavy (non-hydrogen) atoms. The van der Waals surface area contributed by atoms with Crippen LogP contribution in [0.2, 0.25) is 0 Å². The molecule has 0 aliphatic heterocycles. The lowest BCUT2D eigenvalue weighted by Gasteiger charge is -2.27. The lowest BCUT2D eigenvalue weighted by molar-refractivity contribution is -0.169. The van der Waals surface area contributed by atoms with E-state index in [2.05, 4.69) is 0 Å². The Hall–Kier alpha value is -3.19. The molecule has 0 saturated carbocycles. The van der Waals surface area contributed by atoms with Crippen molar-refractivity contribution < 1.29 is 29.0 Å². The number of benzene rings is 2. The Kier molecular flexibility index (Phi) is 6.18. The van der Waals surface area contributed by atoms with Crippen molar-refractivity contribution in [3.8, 4) is 11.1 Å². The Balaban J connectivity index is 1.65. The highest BCUT2D eigenvalue weighted by Gasteiger charge is 2.45. The SMILES string of the molecule is CC(C)(C)OC(=O)[C@](N)(CCC(=O)OCC1c2ccccc2-c2ccccc21)C(=O)O. The number of carboxylic acid groups (broad SMARTS) is 1. The zero-order valence-electron chi connectivity index (χ0n) is 17.9. The molecule has 2 aromatic rings. The van der Waals surface area contributed by atoms with Crippen LogP contribution in [0.4, 0.5) is 0 Å². The topological polar surface area (TPSA) is 116 Å². The molecule has 0 aromatic heterocycles. The molecule has 7 nitrogen and oxygen atoms in total. The van der Waals surface area contributed by atoms with Gasteiger partial charge in [-0.25, -0.2) is 9.59 Å². The zero-order valence-corrected chi connectivity index (χ0v) is 17.9. The van der Waals surface area contributed by atoms with Crippen LogP contribution in [0.3, 0.4) is 0 Å². The van der Waals surface area contributed by atoms with Crippen LogP contribution in [-0.2, 0) is 23.9 Å². The average molecular weight is 425 g/mol. The molecule has 0 heterocycles. The number of rotatable bonds is 7. The molecular weight excluding hydrogens is 398 g/mol. The maximum absolute atomic E-state index is 12.4. The highest BCUT2D eigenvalue weighted by atomic mass is 16.6. The summed E-state index contributed by atoms with van der Waals surface area (Å²) in [5.41, 5.74) is 6.94. The molecule has 3 rings (SSSR count). The predicted octanol–water partition coefficient (Wildman–Crippen LogP) is 3.25. The van der Waals surface area contributed by atoms with E-state index in [-0.39, 0.29) is 18.9 Å². The van der Waals surface area contributed by atoms with Gasteiger partial charge in [0.1, 0.15) is 12.2 Å². The second-order valence-corrected chi connectivity index (χ2v) is 8.69. The molecule has 3 N–H and O–H groups in total. The van der Waals surface area contributed by atoms with Gasteiger partial charge in [-0.2, -0.15) is 0 Å². The van der Waals surface area contributed by atoms with Crippen LogP contribution in [0.15, 0.2) is 48.5 Å². The zero-order chi connectivity index (χ0) is 22.8. The van der Waals surface area contributed by atoms with E-state index < -0.39 is 35.5 Å². The van der Waals surface area contributed by atoms with Gasteiger partial charge in [0.2, 0.25) is 5.54 Å². The maximum Gasteiger partial charge on any atom is 0.338 e. The summed E-state index contributed by atoms with van der Waals surface area (Å²) in [7, 11) is 0. The third-order valence-corrected chi connectivity index (χ3v) is 5.24. The average Bonchev–Trinajstić information content (AvgIpc) is 3.03. The number of carbonyl (C=O) groups excluding carboxylic acids is 2. The molecule has 1 atom stereocenters. The first-order valence-electron chi connectivity index (χ1n) is 10.1. The van der Waals surface area contributed by atoms with Gasteiger partial charge in [-0.15, -0.1) is 0 Å². The Morgan fingerprint density at radius 3 is 1.97 bits per heavy atom. The summed E-state index contributed by atoms with van der Waals surface area (Å²) in [6.45, 7) is 4.94. The lowest BCUT2D eigenvalue weighted by Crippen LogP contribution is -2.57. The van der Waals surface area contributed by atoms with Gasteiger partial charge in [-0.1, -0.05) is 48.5 Å². The van der Waals surface area contributed by atoms with Crippen LogP contribution in [0, 0.1) is 0 Å². The molecule has 0 saturated heterocycles. The van der Waals surface area contributed by atoms with Gasteiger partial charge < -0.3 is 20.3 Å². The van der Waals surface area contributed by atoms with E-state index in [9.17, 15) is 19.5 Å². The van der Waals surface area contributed by atoms with Crippen LogP contribution in [0.5, 0.6) is 0 Å². The van der Waals surface area contributed by atoms with Crippen molar-refractivity contribution in [3.63, 3.8) is 0 Å². The quantitative estimate of drug-likeness (QED) is 0.517. The van der Waals surface area contributed by atoms with Gasteiger partial charge in [0.25, 0.3) is 0 Å². The first kappa shape index (κ1) is 22.5. The number of carboxylic acids is 1. The summed E-state index contributed by atoms with van der Waals surface area (Å²) in [4.78, 5) is 36.3. The fourth-order valence-corrected chi connectivity index (χ4v) is 3.65. The first-order chi connectivity index (χ1) is 14.5. The van der Waals surface area contributed by atoms with Gasteiger partial charge in [0.15, 0.2) is 0 Å². The summed E-state index contributed by atoms with van der Waals surface area (Å²) >= 11 is 0. The van der Waals surface area contributed by atoms with Crippen molar-refractivity contribution in [2.45, 2.75) is 50.7 Å². The number of ether oxygens (including phenoxy) is 2. The smallest absolute Gasteiger partial charge is 0.338 e. The van der Waals surface area contributed by atoms with E-state index in [0.29, 0.717) is 0 Å². The summed E-state index contributed by atoms with van der Waals surface area (Å²) in [5, 5.41) is 9.46. The molecule has 7 heteroatoms. The second kappa shape index (κ2) is 8.51. The van der Waals surface area contributed by atoms with Crippen LogP contribution < -0.4 is 5.73 Å². The number of carbonyl (C=O) groups is 3. The molecule has 0 spiro atoms. The highest BCUT2D eigenvalue weighted by molar-refractivity contribution is 6.04. The fourth-order valence-electron chi connectivity index (χ4n) is 3.65. The van der Waals surface area contributed by atoms with Crippen molar-refractivity contribution in [2.75, 3.05) is 6.61 Å². The number of aliphatic carboxylic acids is 1. The first-order valence-corrected chi connectivity index (χ1v) is 10.1. The minimum atomic E-state index is -2.32. The number of hydrogen-bond acceptors (Lipinski definition) is 6. The van der Waals surface area contributed by atoms with Crippen LogP contribution in [0.25, 0.3) is 11.1 Å². The Labute approximate surface area is 181 Å². The number of hydrogen-bond donors (Lipinski definition) is 2. The summed E-state index contributed by atoms with van der Waals surface area (Å²) < 4.78 is 10.6. The fraction of sp³-hybridized carbons (Fsp3) is 0.375. The molecule has 2 aromatic carbocycles. The number of esters is 2. The molecule has 0 amide bonds. The molecule has 0 fully saturated rings. The van der Waals surface area contributed by atoms with Gasteiger partial charge in [0, 0.05) is 12.3 Å². The van der Waals surface area contributed by atoms with Crippen LogP contribution >= 0.6 is 0 Å². The van der Waals surface area contributed by atoms with Crippen molar-refractivity contribution in [2.24, 2.45) is 5.73 Å². The molecule has 0 bridgehead atoms. The molecule has 164 valence electrons. The van der Waals surface area contributed by atoms with E-state index in [0.717, 1.165) is 22.3 Å². The number of fused-ring (bicyclic) bond motifs is 3. The van der Waals surface area contributed by atoms with E-state index in [1.807, 2.05) is 48.5 Å². The van der Waals surface area contributed by atoms with Gasteiger partial charge in [0.05, 0.1) is 0 Å². The van der Waals surface area contributed by atoms with E-state index in [4.69, 9.17) is 15.2 Å². The molecule has 0 radical (unpaired) electrons. The molecule has 1 aliphatic rings. The van der Waals surface area contributed by atoms with Gasteiger partial charge in [-0.3, -0.25) is 4.79 Å². The maximum atomic E-state index is 12.4. The Morgan fingerprint density at radius 1 is 0.968 bits per heavy atom. The van der Waals surface area contributed by atoms with Crippen molar-refractivity contribution in [1.82, 2.24) is 0 Å². The lowest BCUT2D eigenvalue weighted by atomic mass is 9.94. The minimum absolute atomic E-state index is 0.107. The van der Waals surface area contributed by atoms with Crippen molar-refractivity contribution in [1.29, 1.82) is 0 Å². The minimum Gasteiger partial charge on any atom is -0.479 e. The summed E-state index contributed by atoms with van der Waals surface area (Å²) in [6, 6.07) is 15.9. The third kappa shape index (κ3) is 4.77. The van der Waals surface area contributed by atoms with E-state index >= 15 is 0 Å². The number of nitrogens with two attached hydrogens (primary N) is 1. The van der Waals surface area contributed by atoms with Crippen LogP contribution in [-0.4, -0.2) is 40.8 Å². The van der Waals surface area contributed by atoms with Crippen molar-refractivity contribution in [3.05, 3.63) is 59.7 Å². The summed E-state index contributed by atoms with van der Waals surface area (Å²) in [5.74, 6) is -3.36. The van der Waals surface area contributed by atoms with Gasteiger partial charge in [-0.05, 0) is 49.4 Å². The molecule has 1 aliphatic carbocycles. The Morgan fingerprint density at radius 2 is 1.48 bits per heavy atom. The molecular formula is C24H27NO6. The highest BCUT2D eigenvalue weighted by Crippen LogP contribution is 2.44. The summed E-state index contributed by atoms with van der Waals surface area (Å²) in [6.07, 6.45) is -0.744. The second-order valence-electron chi connectivity index (χ2n) is 8.69. The largest absolute Gasteiger partial charge is 0.479 e. The molecule has 0 unspecified atom stereocenters. The monoisotopic (exact) mass is 425 g/mol. The third-order valence-electron chi connectivity index (χ3n) is 5.24. The van der Waals surface area contributed by atoms with Gasteiger partial charge >= 0.3 is 17.9 Å². The standard InChI is InChI=1S/C24H27NO6/c1-23(2,3)31-22(29)24(25,21(27)28)13-12-20(26)30-14-19-17-10-6-4-8-15(17)16-9-5-7-11-18(16)19/h4-11,19H,12-14,25H2,1-3H3,(H,27,28)/t24-/m0/s1. The van der Waals surface area contributed by atoms with E-state index in [1.165, 1.54) is 0 Å². The van der Waals surface area contributed by atoms with Crippen molar-refractivity contribution >= 4 is 17.9 Å². The predicted molar refractivity (Wildman–Crippen MR) is 114 cm³/mol. The Bertz CT molecular complexity index is 964. The van der Waals surface area contributed by atoms with Crippen LogP contribution in [0.1, 0.15) is 50.7 Å².